The largest absolute Gasteiger partial charge is 0.334 e. The molecule has 0 atom stereocenters. The van der Waals surface area contributed by atoms with Gasteiger partial charge in [0.25, 0.3) is 0 Å². The molecule has 1 aromatic heterocycles. The minimum absolute atomic E-state index is 0.465. The van der Waals surface area contributed by atoms with Gasteiger partial charge in [-0.1, -0.05) is 27.5 Å². The van der Waals surface area contributed by atoms with Crippen LogP contribution in [-0.4, -0.2) is 4.57 Å². The van der Waals surface area contributed by atoms with Crippen molar-refractivity contribution in [2.45, 2.75) is 6.54 Å². The van der Waals surface area contributed by atoms with Gasteiger partial charge in [-0.05, 0) is 18.2 Å². The van der Waals surface area contributed by atoms with E-state index in [2.05, 4.69) is 15.9 Å². The van der Waals surface area contributed by atoms with Crippen molar-refractivity contribution in [3.8, 4) is 0 Å². The van der Waals surface area contributed by atoms with Gasteiger partial charge < -0.3 is 10.3 Å². The summed E-state index contributed by atoms with van der Waals surface area (Å²) in [4.78, 5) is 0. The molecular formula is C10H10BrClN2. The van der Waals surface area contributed by atoms with Gasteiger partial charge >= 0.3 is 0 Å². The van der Waals surface area contributed by atoms with Crippen molar-refractivity contribution in [3.05, 3.63) is 33.4 Å². The molecule has 0 saturated carbocycles. The van der Waals surface area contributed by atoms with E-state index in [0.29, 0.717) is 6.54 Å². The molecule has 0 fully saturated rings. The first-order valence-corrected chi connectivity index (χ1v) is 5.44. The van der Waals surface area contributed by atoms with E-state index in [0.717, 1.165) is 26.1 Å². The molecule has 0 saturated heterocycles. The molecule has 74 valence electrons. The third-order valence-corrected chi connectivity index (χ3v) is 3.37. The van der Waals surface area contributed by atoms with E-state index in [-0.39, 0.29) is 0 Å². The minimum atomic E-state index is 0.465. The SMILES string of the molecule is Cn1c(Cl)c(CN)c2cc(Br)ccc21. The molecule has 2 N–H and O–H groups in total. The summed E-state index contributed by atoms with van der Waals surface area (Å²) in [6.07, 6.45) is 0. The van der Waals surface area contributed by atoms with E-state index >= 15 is 0 Å². The topological polar surface area (TPSA) is 30.9 Å². The number of benzene rings is 1. The van der Waals surface area contributed by atoms with Crippen LogP contribution >= 0.6 is 27.5 Å². The Labute approximate surface area is 95.8 Å². The molecule has 0 aliphatic carbocycles. The highest BCUT2D eigenvalue weighted by Gasteiger charge is 2.11. The average molecular weight is 274 g/mol. The van der Waals surface area contributed by atoms with Crippen LogP contribution in [0, 0.1) is 0 Å². The number of fused-ring (bicyclic) bond motifs is 1. The zero-order valence-corrected chi connectivity index (χ0v) is 10.1. The maximum atomic E-state index is 6.16. The van der Waals surface area contributed by atoms with Crippen LogP contribution in [-0.2, 0) is 13.6 Å². The summed E-state index contributed by atoms with van der Waals surface area (Å²) in [5.41, 5.74) is 7.78. The quantitative estimate of drug-likeness (QED) is 0.850. The van der Waals surface area contributed by atoms with E-state index in [1.165, 1.54) is 0 Å². The maximum absolute atomic E-state index is 6.16. The van der Waals surface area contributed by atoms with Gasteiger partial charge in [0.15, 0.2) is 0 Å². The molecule has 0 bridgehead atoms. The van der Waals surface area contributed by atoms with Crippen LogP contribution in [0.15, 0.2) is 22.7 Å². The molecular weight excluding hydrogens is 263 g/mol. The van der Waals surface area contributed by atoms with Crippen molar-refractivity contribution >= 4 is 38.4 Å². The van der Waals surface area contributed by atoms with Gasteiger partial charge in [-0.25, -0.2) is 0 Å². The second-order valence-electron chi connectivity index (χ2n) is 3.19. The molecule has 0 aliphatic rings. The molecule has 14 heavy (non-hydrogen) atoms. The van der Waals surface area contributed by atoms with Gasteiger partial charge in [-0.2, -0.15) is 0 Å². The summed E-state index contributed by atoms with van der Waals surface area (Å²) in [5, 5.41) is 1.84. The number of rotatable bonds is 1. The van der Waals surface area contributed by atoms with Crippen LogP contribution in [0.4, 0.5) is 0 Å². The van der Waals surface area contributed by atoms with E-state index in [1.807, 2.05) is 29.8 Å². The number of nitrogens with zero attached hydrogens (tertiary/aromatic N) is 1. The Hall–Kier alpha value is -0.510. The summed E-state index contributed by atoms with van der Waals surface area (Å²) in [5.74, 6) is 0. The number of nitrogens with two attached hydrogens (primary N) is 1. The van der Waals surface area contributed by atoms with E-state index in [1.54, 1.807) is 0 Å². The molecule has 2 rings (SSSR count). The second kappa shape index (κ2) is 3.57. The Bertz CT molecular complexity index is 490. The number of aryl methyl sites for hydroxylation is 1. The van der Waals surface area contributed by atoms with E-state index in [4.69, 9.17) is 17.3 Å². The molecule has 1 aromatic carbocycles. The summed E-state index contributed by atoms with van der Waals surface area (Å²) in [7, 11) is 1.94. The number of hydrogen-bond donors (Lipinski definition) is 1. The lowest BCUT2D eigenvalue weighted by Crippen LogP contribution is -1.96. The molecule has 2 nitrogen and oxygen atoms in total. The highest BCUT2D eigenvalue weighted by Crippen LogP contribution is 2.30. The van der Waals surface area contributed by atoms with Crippen molar-refractivity contribution < 1.29 is 0 Å². The predicted octanol–water partition coefficient (Wildman–Crippen LogP) is 3.05. The van der Waals surface area contributed by atoms with E-state index < -0.39 is 0 Å². The van der Waals surface area contributed by atoms with Crippen molar-refractivity contribution in [2.24, 2.45) is 12.8 Å². The fourth-order valence-corrected chi connectivity index (χ4v) is 2.29. The Morgan fingerprint density at radius 2 is 2.21 bits per heavy atom. The zero-order valence-electron chi connectivity index (χ0n) is 7.72. The normalized spacial score (nSPS) is 11.1. The van der Waals surface area contributed by atoms with Crippen LogP contribution in [0.2, 0.25) is 5.15 Å². The first-order chi connectivity index (χ1) is 6.65. The molecule has 0 spiro atoms. The lowest BCUT2D eigenvalue weighted by atomic mass is 10.2. The number of aromatic nitrogens is 1. The lowest BCUT2D eigenvalue weighted by Gasteiger charge is -1.96. The Morgan fingerprint density at radius 3 is 2.86 bits per heavy atom. The van der Waals surface area contributed by atoms with Gasteiger partial charge in [0.2, 0.25) is 0 Å². The average Bonchev–Trinajstić information content (AvgIpc) is 2.39. The van der Waals surface area contributed by atoms with Crippen LogP contribution in [0.3, 0.4) is 0 Å². The standard InChI is InChI=1S/C10H10BrClN2/c1-14-9-3-2-6(11)4-7(9)8(5-13)10(14)12/h2-4H,5,13H2,1H3. The Kier molecular flexibility index (Phi) is 2.56. The van der Waals surface area contributed by atoms with Crippen LogP contribution in [0.1, 0.15) is 5.56 Å². The van der Waals surface area contributed by atoms with Crippen LogP contribution in [0.5, 0.6) is 0 Å². The molecule has 0 radical (unpaired) electrons. The molecule has 0 aliphatic heterocycles. The molecule has 4 heteroatoms. The smallest absolute Gasteiger partial charge is 0.114 e. The Morgan fingerprint density at radius 1 is 1.50 bits per heavy atom. The highest BCUT2D eigenvalue weighted by atomic mass is 79.9. The van der Waals surface area contributed by atoms with Crippen molar-refractivity contribution in [1.29, 1.82) is 0 Å². The summed E-state index contributed by atoms with van der Waals surface area (Å²) in [6.45, 7) is 0.465. The fraction of sp³-hybridized carbons (Fsp3) is 0.200. The minimum Gasteiger partial charge on any atom is -0.334 e. The zero-order chi connectivity index (χ0) is 10.3. The van der Waals surface area contributed by atoms with E-state index in [9.17, 15) is 0 Å². The van der Waals surface area contributed by atoms with Gasteiger partial charge in [-0.3, -0.25) is 0 Å². The first kappa shape index (κ1) is 10.0. The van der Waals surface area contributed by atoms with Crippen molar-refractivity contribution in [3.63, 3.8) is 0 Å². The highest BCUT2D eigenvalue weighted by molar-refractivity contribution is 9.10. The van der Waals surface area contributed by atoms with Crippen molar-refractivity contribution in [2.75, 3.05) is 0 Å². The summed E-state index contributed by atoms with van der Waals surface area (Å²) in [6, 6.07) is 6.08. The second-order valence-corrected chi connectivity index (χ2v) is 4.47. The number of hydrogen-bond acceptors (Lipinski definition) is 1. The van der Waals surface area contributed by atoms with Gasteiger partial charge in [0.1, 0.15) is 5.15 Å². The molecule has 0 amide bonds. The molecule has 1 heterocycles. The third-order valence-electron chi connectivity index (χ3n) is 2.39. The monoisotopic (exact) mass is 272 g/mol. The summed E-state index contributed by atoms with van der Waals surface area (Å²) < 4.78 is 2.99. The Balaban J connectivity index is 2.89. The van der Waals surface area contributed by atoms with Gasteiger partial charge in [0.05, 0.1) is 0 Å². The third kappa shape index (κ3) is 1.36. The van der Waals surface area contributed by atoms with Crippen molar-refractivity contribution in [1.82, 2.24) is 4.57 Å². The summed E-state index contributed by atoms with van der Waals surface area (Å²) >= 11 is 9.59. The lowest BCUT2D eigenvalue weighted by molar-refractivity contribution is 0.950. The van der Waals surface area contributed by atoms with Crippen LogP contribution in [0.25, 0.3) is 10.9 Å². The molecule has 2 aromatic rings. The van der Waals surface area contributed by atoms with Gasteiger partial charge in [0, 0.05) is 34.5 Å². The number of halogens is 2. The predicted molar refractivity (Wildman–Crippen MR) is 63.5 cm³/mol. The molecule has 0 unspecified atom stereocenters. The maximum Gasteiger partial charge on any atom is 0.114 e. The fourth-order valence-electron chi connectivity index (χ4n) is 1.66. The van der Waals surface area contributed by atoms with Crippen LogP contribution < -0.4 is 5.73 Å². The van der Waals surface area contributed by atoms with Gasteiger partial charge in [-0.15, -0.1) is 0 Å². The first-order valence-electron chi connectivity index (χ1n) is 4.27.